The third-order valence-corrected chi connectivity index (χ3v) is 16.1. The first-order chi connectivity index (χ1) is 32.9. The number of para-hydroxylation sites is 1. The predicted molar refractivity (Wildman–Crippen MR) is 282 cm³/mol. The molecule has 0 unspecified atom stereocenters. The molecule has 0 aliphatic heterocycles. The summed E-state index contributed by atoms with van der Waals surface area (Å²) in [6, 6.07) is 83.3. The fourth-order valence-electron chi connectivity index (χ4n) is 11.8. The second kappa shape index (κ2) is 14.3. The predicted octanol–water partition coefficient (Wildman–Crippen LogP) is 17.8. The Morgan fingerprint density at radius 1 is 0.358 bits per heavy atom. The van der Waals surface area contributed by atoms with E-state index in [1.165, 1.54) is 86.9 Å². The van der Waals surface area contributed by atoms with Crippen LogP contribution in [-0.4, -0.2) is 0 Å². The van der Waals surface area contributed by atoms with Crippen molar-refractivity contribution in [3.63, 3.8) is 0 Å². The molecule has 0 saturated heterocycles. The number of anilines is 3. The summed E-state index contributed by atoms with van der Waals surface area (Å²) in [4.78, 5) is 2.38. The van der Waals surface area contributed by atoms with Gasteiger partial charge >= 0.3 is 0 Å². The van der Waals surface area contributed by atoms with Crippen LogP contribution in [-0.2, 0) is 10.8 Å². The van der Waals surface area contributed by atoms with Crippen LogP contribution < -0.4 is 4.90 Å². The van der Waals surface area contributed by atoms with Crippen molar-refractivity contribution in [3.05, 3.63) is 258 Å². The third-order valence-electron chi connectivity index (χ3n) is 15.0. The normalized spacial score (nSPS) is 14.1. The van der Waals surface area contributed by atoms with Gasteiger partial charge in [-0.15, -0.1) is 11.3 Å². The Balaban J connectivity index is 0.892. The van der Waals surface area contributed by atoms with Gasteiger partial charge in [0.1, 0.15) is 11.2 Å². The van der Waals surface area contributed by atoms with Crippen LogP contribution >= 0.6 is 11.3 Å². The van der Waals surface area contributed by atoms with Gasteiger partial charge in [-0.1, -0.05) is 166 Å². The Morgan fingerprint density at radius 2 is 0.910 bits per heavy atom. The molecule has 2 aromatic heterocycles. The first kappa shape index (κ1) is 38.3. The molecular formula is C64H43NOS. The van der Waals surface area contributed by atoms with E-state index in [0.29, 0.717) is 0 Å². The van der Waals surface area contributed by atoms with Gasteiger partial charge in [-0.25, -0.2) is 0 Å². The summed E-state index contributed by atoms with van der Waals surface area (Å²) in [7, 11) is 0. The van der Waals surface area contributed by atoms with E-state index in [1.54, 1.807) is 0 Å². The van der Waals surface area contributed by atoms with E-state index < -0.39 is 5.41 Å². The van der Waals surface area contributed by atoms with E-state index in [-0.39, 0.29) is 5.41 Å². The summed E-state index contributed by atoms with van der Waals surface area (Å²) in [5.41, 5.74) is 20.1. The molecular weight excluding hydrogens is 831 g/mol. The largest absolute Gasteiger partial charge is 0.456 e. The van der Waals surface area contributed by atoms with Gasteiger partial charge < -0.3 is 9.32 Å². The van der Waals surface area contributed by atoms with E-state index in [9.17, 15) is 0 Å². The Morgan fingerprint density at radius 3 is 1.67 bits per heavy atom. The van der Waals surface area contributed by atoms with Gasteiger partial charge in [0.05, 0.1) is 5.41 Å². The average molecular weight is 874 g/mol. The summed E-state index contributed by atoms with van der Waals surface area (Å²) >= 11 is 1.88. The number of nitrogens with zero attached hydrogens (tertiary/aromatic N) is 1. The number of hydrogen-bond donors (Lipinski definition) is 0. The monoisotopic (exact) mass is 873 g/mol. The summed E-state index contributed by atoms with van der Waals surface area (Å²) in [6.45, 7) is 4.70. The topological polar surface area (TPSA) is 16.4 Å². The van der Waals surface area contributed by atoms with Crippen molar-refractivity contribution >= 4 is 70.5 Å². The van der Waals surface area contributed by atoms with Crippen LogP contribution in [0.1, 0.15) is 47.2 Å². The summed E-state index contributed by atoms with van der Waals surface area (Å²) in [6.07, 6.45) is 0. The summed E-state index contributed by atoms with van der Waals surface area (Å²) in [5, 5.41) is 4.83. The van der Waals surface area contributed by atoms with Crippen LogP contribution in [0.25, 0.3) is 75.5 Å². The van der Waals surface area contributed by atoms with E-state index in [2.05, 4.69) is 237 Å². The highest BCUT2D eigenvalue weighted by Gasteiger charge is 2.46. The maximum absolute atomic E-state index is 6.47. The van der Waals surface area contributed by atoms with E-state index in [1.807, 2.05) is 17.4 Å². The van der Waals surface area contributed by atoms with Crippen molar-refractivity contribution in [1.29, 1.82) is 0 Å². The second-order valence-electron chi connectivity index (χ2n) is 18.8. The smallest absolute Gasteiger partial charge is 0.137 e. The molecule has 0 atom stereocenters. The standard InChI is InChI=1S/C64H43NOS/c1-63(2)55-20-10-6-16-47(55)50-32-30-45(38-58(50)63)65(46-31-33-52-51-19-9-13-23-59(51)66-60(52)39-46)44-28-24-40(25-29-44)41-26-34-61-53(36-41)54-37-43(27-35-62(54)67-61)64(42-14-4-3-5-15-42)56-21-11-7-17-48(56)49-18-8-12-22-57(49)64/h3-39H,1-2H3. The van der Waals surface area contributed by atoms with Gasteiger partial charge in [0, 0.05) is 59.5 Å². The molecule has 10 aromatic carbocycles. The molecule has 3 heteroatoms. The van der Waals surface area contributed by atoms with Crippen LogP contribution in [0.2, 0.25) is 0 Å². The molecule has 2 aliphatic carbocycles. The SMILES string of the molecule is CC1(C)c2ccccc2-c2ccc(N(c3ccc(-c4ccc5sc6ccc(C7(c8ccccc8)c8ccccc8-c8ccccc87)cc6c5c4)cc3)c3ccc4c(c3)oc3ccccc34)cc21. The van der Waals surface area contributed by atoms with Gasteiger partial charge in [-0.2, -0.15) is 0 Å². The van der Waals surface area contributed by atoms with E-state index >= 15 is 0 Å². The minimum atomic E-state index is -0.441. The summed E-state index contributed by atoms with van der Waals surface area (Å²) in [5.74, 6) is 0. The molecule has 2 heterocycles. The van der Waals surface area contributed by atoms with Crippen LogP contribution in [0.5, 0.6) is 0 Å². The number of benzene rings is 10. The molecule has 0 bridgehead atoms. The van der Waals surface area contributed by atoms with Crippen molar-refractivity contribution in [2.45, 2.75) is 24.7 Å². The second-order valence-corrected chi connectivity index (χ2v) is 19.9. The highest BCUT2D eigenvalue weighted by atomic mass is 32.1. The number of hydrogen-bond acceptors (Lipinski definition) is 3. The molecule has 2 nitrogen and oxygen atoms in total. The maximum Gasteiger partial charge on any atom is 0.137 e. The molecule has 14 rings (SSSR count). The molecule has 0 fully saturated rings. The average Bonchev–Trinajstić information content (AvgIpc) is 4.09. The number of furan rings is 1. The van der Waals surface area contributed by atoms with Gasteiger partial charge in [0.15, 0.2) is 0 Å². The Bertz CT molecular complexity index is 3920. The molecule has 12 aromatic rings. The number of thiophene rings is 1. The van der Waals surface area contributed by atoms with Crippen molar-refractivity contribution in [2.75, 3.05) is 4.90 Å². The minimum Gasteiger partial charge on any atom is -0.456 e. The van der Waals surface area contributed by atoms with Crippen LogP contribution in [0.3, 0.4) is 0 Å². The number of rotatable bonds is 6. The zero-order valence-corrected chi connectivity index (χ0v) is 37.9. The highest BCUT2D eigenvalue weighted by molar-refractivity contribution is 7.25. The van der Waals surface area contributed by atoms with Crippen molar-refractivity contribution in [2.24, 2.45) is 0 Å². The molecule has 0 saturated carbocycles. The molecule has 0 spiro atoms. The lowest BCUT2D eigenvalue weighted by Gasteiger charge is -2.34. The Hall–Kier alpha value is -7.98. The molecule has 0 radical (unpaired) electrons. The highest BCUT2D eigenvalue weighted by Crippen LogP contribution is 2.57. The first-order valence-electron chi connectivity index (χ1n) is 23.2. The lowest BCUT2D eigenvalue weighted by atomic mass is 9.67. The van der Waals surface area contributed by atoms with Crippen molar-refractivity contribution in [1.82, 2.24) is 0 Å². The number of fused-ring (bicyclic) bond motifs is 12. The lowest BCUT2D eigenvalue weighted by molar-refractivity contribution is 0.660. The summed E-state index contributed by atoms with van der Waals surface area (Å²) < 4.78 is 9.06. The van der Waals surface area contributed by atoms with Gasteiger partial charge in [0.2, 0.25) is 0 Å². The Kier molecular flexibility index (Phi) is 8.15. The first-order valence-corrected chi connectivity index (χ1v) is 24.0. The molecule has 0 amide bonds. The zero-order valence-electron chi connectivity index (χ0n) is 37.1. The molecule has 2 aliphatic rings. The van der Waals surface area contributed by atoms with Crippen molar-refractivity contribution < 1.29 is 4.42 Å². The van der Waals surface area contributed by atoms with Crippen LogP contribution in [0, 0.1) is 0 Å². The lowest BCUT2D eigenvalue weighted by Crippen LogP contribution is -2.28. The quantitative estimate of drug-likeness (QED) is 0.165. The third kappa shape index (κ3) is 5.50. The molecule has 67 heavy (non-hydrogen) atoms. The molecule has 0 N–H and O–H groups in total. The van der Waals surface area contributed by atoms with Crippen molar-refractivity contribution in [3.8, 4) is 33.4 Å². The maximum atomic E-state index is 6.47. The van der Waals surface area contributed by atoms with Gasteiger partial charge in [0.25, 0.3) is 0 Å². The minimum absolute atomic E-state index is 0.125. The van der Waals surface area contributed by atoms with Gasteiger partial charge in [-0.05, 0) is 133 Å². The van der Waals surface area contributed by atoms with E-state index in [0.717, 1.165) is 39.0 Å². The van der Waals surface area contributed by atoms with E-state index in [4.69, 9.17) is 4.42 Å². The van der Waals surface area contributed by atoms with Crippen LogP contribution in [0.4, 0.5) is 17.1 Å². The fraction of sp³-hybridized carbons (Fsp3) is 0.0625. The zero-order chi connectivity index (χ0) is 44.4. The Labute approximate surface area is 393 Å². The molecule has 316 valence electrons. The fourth-order valence-corrected chi connectivity index (χ4v) is 12.9. The van der Waals surface area contributed by atoms with Crippen LogP contribution in [0.15, 0.2) is 229 Å². The van der Waals surface area contributed by atoms with Gasteiger partial charge in [-0.3, -0.25) is 0 Å².